The van der Waals surface area contributed by atoms with Crippen molar-refractivity contribution < 1.29 is 9.53 Å². The normalized spacial score (nSPS) is 19.6. The molecule has 5 heteroatoms. The van der Waals surface area contributed by atoms with Crippen LogP contribution in [0.2, 0.25) is 0 Å². The summed E-state index contributed by atoms with van der Waals surface area (Å²) in [5, 5.41) is 1.19. The molecule has 28 heavy (non-hydrogen) atoms. The molecule has 0 atom stereocenters. The maximum atomic E-state index is 12.3. The third-order valence-corrected chi connectivity index (χ3v) is 6.68. The highest BCUT2D eigenvalue weighted by Crippen LogP contribution is 2.35. The van der Waals surface area contributed by atoms with E-state index in [1.54, 1.807) is 11.5 Å². The molecule has 0 amide bonds. The summed E-state index contributed by atoms with van der Waals surface area (Å²) in [5.74, 6) is 1.57. The quantitative estimate of drug-likeness (QED) is 0.250. The zero-order chi connectivity index (χ0) is 20.0. The summed E-state index contributed by atoms with van der Waals surface area (Å²) >= 11 is 1.58. The summed E-state index contributed by atoms with van der Waals surface area (Å²) in [6.07, 6.45) is 17.4. The van der Waals surface area contributed by atoms with Crippen LogP contribution in [0.4, 0.5) is 0 Å². The Balaban J connectivity index is 1.61. The average Bonchev–Trinajstić information content (AvgIpc) is 3.19. The molecule has 1 aliphatic rings. The van der Waals surface area contributed by atoms with Gasteiger partial charge in [0.15, 0.2) is 0 Å². The number of nitrogens with zero attached hydrogens (tertiary/aromatic N) is 2. The standard InChI is InChI=1S/C23H40N2O2S/c1-3-5-7-9-11-13-21-24-22(25-28-21)19-14-16-20(17-15-19)23(26)27-18-12-10-8-6-4-2/h19-20H,3-18H2,1-2H3. The molecule has 0 saturated heterocycles. The molecular weight excluding hydrogens is 368 g/mol. The van der Waals surface area contributed by atoms with E-state index in [1.165, 1.54) is 62.8 Å². The van der Waals surface area contributed by atoms with Crippen LogP contribution in [0.5, 0.6) is 0 Å². The van der Waals surface area contributed by atoms with Gasteiger partial charge in [-0.05, 0) is 50.1 Å². The van der Waals surface area contributed by atoms with Crippen molar-refractivity contribution in [1.29, 1.82) is 0 Å². The number of hydrogen-bond acceptors (Lipinski definition) is 5. The van der Waals surface area contributed by atoms with Crippen molar-refractivity contribution in [3.8, 4) is 0 Å². The highest BCUT2D eigenvalue weighted by Gasteiger charge is 2.29. The number of ether oxygens (including phenoxy) is 1. The predicted octanol–water partition coefficient (Wildman–Crippen LogP) is 6.84. The summed E-state index contributed by atoms with van der Waals surface area (Å²) in [6.45, 7) is 5.06. The lowest BCUT2D eigenvalue weighted by molar-refractivity contribution is -0.149. The van der Waals surface area contributed by atoms with Gasteiger partial charge >= 0.3 is 5.97 Å². The summed E-state index contributed by atoms with van der Waals surface area (Å²) in [4.78, 5) is 17.1. The highest BCUT2D eigenvalue weighted by atomic mass is 32.1. The first kappa shape index (κ1) is 23.3. The van der Waals surface area contributed by atoms with Gasteiger partial charge in [0.1, 0.15) is 10.8 Å². The SMILES string of the molecule is CCCCCCCOC(=O)C1CCC(c2nsc(CCCCCCC)n2)CC1. The molecule has 0 spiro atoms. The molecule has 1 aromatic rings. The Labute approximate surface area is 176 Å². The van der Waals surface area contributed by atoms with Gasteiger partial charge in [0.25, 0.3) is 0 Å². The van der Waals surface area contributed by atoms with Crippen molar-refractivity contribution in [2.24, 2.45) is 5.92 Å². The van der Waals surface area contributed by atoms with E-state index < -0.39 is 0 Å². The first-order chi connectivity index (χ1) is 13.7. The number of aryl methyl sites for hydroxylation is 1. The lowest BCUT2D eigenvalue weighted by Crippen LogP contribution is -2.23. The molecule has 0 aromatic carbocycles. The largest absolute Gasteiger partial charge is 0.465 e. The smallest absolute Gasteiger partial charge is 0.308 e. The maximum Gasteiger partial charge on any atom is 0.308 e. The zero-order valence-electron chi connectivity index (χ0n) is 18.1. The van der Waals surface area contributed by atoms with Crippen LogP contribution in [0.15, 0.2) is 0 Å². The summed E-state index contributed by atoms with van der Waals surface area (Å²) in [6, 6.07) is 0. The molecule has 0 bridgehead atoms. The lowest BCUT2D eigenvalue weighted by atomic mass is 9.81. The van der Waals surface area contributed by atoms with Gasteiger partial charge < -0.3 is 4.74 Å². The number of rotatable bonds is 14. The van der Waals surface area contributed by atoms with Gasteiger partial charge in [-0.2, -0.15) is 4.37 Å². The van der Waals surface area contributed by atoms with E-state index >= 15 is 0 Å². The number of carbonyl (C=O) groups is 1. The van der Waals surface area contributed by atoms with Crippen LogP contribution in [-0.2, 0) is 16.0 Å². The van der Waals surface area contributed by atoms with Crippen LogP contribution >= 0.6 is 11.5 Å². The Morgan fingerprint density at radius 2 is 1.57 bits per heavy atom. The van der Waals surface area contributed by atoms with E-state index in [0.717, 1.165) is 44.3 Å². The van der Waals surface area contributed by atoms with Crippen molar-refractivity contribution in [2.75, 3.05) is 6.61 Å². The summed E-state index contributed by atoms with van der Waals surface area (Å²) < 4.78 is 10.1. The second kappa shape index (κ2) is 14.1. The molecule has 0 radical (unpaired) electrons. The van der Waals surface area contributed by atoms with Crippen molar-refractivity contribution in [2.45, 2.75) is 116 Å². The second-order valence-corrected chi connectivity index (χ2v) is 9.18. The maximum absolute atomic E-state index is 12.3. The van der Waals surface area contributed by atoms with Crippen LogP contribution in [0, 0.1) is 5.92 Å². The molecule has 0 aliphatic heterocycles. The Morgan fingerprint density at radius 1 is 0.929 bits per heavy atom. The molecule has 1 fully saturated rings. The monoisotopic (exact) mass is 408 g/mol. The highest BCUT2D eigenvalue weighted by molar-refractivity contribution is 7.05. The molecule has 1 aliphatic carbocycles. The fraction of sp³-hybridized carbons (Fsp3) is 0.870. The minimum Gasteiger partial charge on any atom is -0.465 e. The minimum atomic E-state index is 0.0212. The third kappa shape index (κ3) is 8.59. The van der Waals surface area contributed by atoms with Gasteiger partial charge in [-0.15, -0.1) is 0 Å². The lowest BCUT2D eigenvalue weighted by Gasteiger charge is -2.25. The number of hydrogen-bond donors (Lipinski definition) is 0. The Morgan fingerprint density at radius 3 is 2.25 bits per heavy atom. The van der Waals surface area contributed by atoms with Gasteiger partial charge in [0, 0.05) is 12.3 Å². The van der Waals surface area contributed by atoms with Gasteiger partial charge in [0.05, 0.1) is 12.5 Å². The number of unbranched alkanes of at least 4 members (excludes halogenated alkanes) is 8. The minimum absolute atomic E-state index is 0.0212. The van der Waals surface area contributed by atoms with Gasteiger partial charge in [0.2, 0.25) is 0 Å². The van der Waals surface area contributed by atoms with Crippen molar-refractivity contribution in [1.82, 2.24) is 9.36 Å². The van der Waals surface area contributed by atoms with Crippen LogP contribution in [0.25, 0.3) is 0 Å². The molecular formula is C23H40N2O2S. The summed E-state index contributed by atoms with van der Waals surface area (Å²) in [7, 11) is 0. The predicted molar refractivity (Wildman–Crippen MR) is 117 cm³/mol. The Kier molecular flexibility index (Phi) is 11.7. The molecule has 1 heterocycles. The molecule has 0 N–H and O–H groups in total. The summed E-state index contributed by atoms with van der Waals surface area (Å²) in [5.41, 5.74) is 0. The van der Waals surface area contributed by atoms with Gasteiger partial charge in [-0.3, -0.25) is 4.79 Å². The van der Waals surface area contributed by atoms with Crippen LogP contribution in [-0.4, -0.2) is 21.9 Å². The van der Waals surface area contributed by atoms with Crippen molar-refractivity contribution in [3.05, 3.63) is 10.8 Å². The van der Waals surface area contributed by atoms with Crippen LogP contribution < -0.4 is 0 Å². The number of carbonyl (C=O) groups excluding carboxylic acids is 1. The fourth-order valence-corrected chi connectivity index (χ4v) is 4.76. The first-order valence-corrected chi connectivity index (χ1v) is 12.5. The average molecular weight is 409 g/mol. The fourth-order valence-electron chi connectivity index (χ4n) is 4.00. The van der Waals surface area contributed by atoms with E-state index in [1.807, 2.05) is 0 Å². The molecule has 1 aromatic heterocycles. The van der Waals surface area contributed by atoms with E-state index in [4.69, 9.17) is 9.72 Å². The Bertz CT molecular complexity index is 538. The van der Waals surface area contributed by atoms with E-state index in [9.17, 15) is 4.79 Å². The first-order valence-electron chi connectivity index (χ1n) is 11.7. The third-order valence-electron chi connectivity index (χ3n) is 5.90. The number of aromatic nitrogens is 2. The molecule has 0 unspecified atom stereocenters. The van der Waals surface area contributed by atoms with Crippen LogP contribution in [0.3, 0.4) is 0 Å². The van der Waals surface area contributed by atoms with E-state index in [2.05, 4.69) is 18.2 Å². The van der Waals surface area contributed by atoms with E-state index in [-0.39, 0.29) is 11.9 Å². The number of esters is 1. The topological polar surface area (TPSA) is 52.1 Å². The van der Waals surface area contributed by atoms with Gasteiger partial charge in [-0.25, -0.2) is 4.98 Å². The van der Waals surface area contributed by atoms with E-state index in [0.29, 0.717) is 12.5 Å². The second-order valence-electron chi connectivity index (χ2n) is 8.34. The molecule has 1 saturated carbocycles. The Hall–Kier alpha value is -0.970. The van der Waals surface area contributed by atoms with Crippen molar-refractivity contribution in [3.63, 3.8) is 0 Å². The molecule has 4 nitrogen and oxygen atoms in total. The van der Waals surface area contributed by atoms with Crippen LogP contribution in [0.1, 0.15) is 120 Å². The van der Waals surface area contributed by atoms with Gasteiger partial charge in [-0.1, -0.05) is 65.2 Å². The van der Waals surface area contributed by atoms with Crippen molar-refractivity contribution >= 4 is 17.5 Å². The zero-order valence-corrected chi connectivity index (χ0v) is 18.9. The molecule has 160 valence electrons. The molecule has 2 rings (SSSR count).